The molecule has 0 radical (unpaired) electrons. The molecule has 0 unspecified atom stereocenters. The van der Waals surface area contributed by atoms with E-state index in [2.05, 4.69) is 6.92 Å². The van der Waals surface area contributed by atoms with Gasteiger partial charge < -0.3 is 15.4 Å². The third kappa shape index (κ3) is 4.74. The molecule has 1 fully saturated rings. The SMILES string of the molecule is CCCC1CCC(CN)(OCC(=O)N(CC)CC)CC1. The van der Waals surface area contributed by atoms with Gasteiger partial charge in [0.05, 0.1) is 5.60 Å². The highest BCUT2D eigenvalue weighted by Gasteiger charge is 2.35. The summed E-state index contributed by atoms with van der Waals surface area (Å²) >= 11 is 0. The van der Waals surface area contributed by atoms with Gasteiger partial charge in [-0.25, -0.2) is 0 Å². The Kier molecular flexibility index (Phi) is 7.52. The van der Waals surface area contributed by atoms with Gasteiger partial charge in [0.1, 0.15) is 6.61 Å². The highest BCUT2D eigenvalue weighted by Crippen LogP contribution is 2.36. The number of amides is 1. The van der Waals surface area contributed by atoms with E-state index in [0.29, 0.717) is 6.54 Å². The third-order valence-corrected chi connectivity index (χ3v) is 4.70. The fraction of sp³-hybridized carbons (Fsp3) is 0.938. The van der Waals surface area contributed by atoms with Crippen LogP contribution in [0.5, 0.6) is 0 Å². The number of hydrogen-bond donors (Lipinski definition) is 1. The summed E-state index contributed by atoms with van der Waals surface area (Å²) in [7, 11) is 0. The van der Waals surface area contributed by atoms with Crippen LogP contribution in [0.15, 0.2) is 0 Å². The van der Waals surface area contributed by atoms with E-state index in [0.717, 1.165) is 31.8 Å². The Labute approximate surface area is 124 Å². The van der Waals surface area contributed by atoms with Crippen LogP contribution in [0.2, 0.25) is 0 Å². The zero-order chi connectivity index (χ0) is 15.0. The van der Waals surface area contributed by atoms with E-state index < -0.39 is 0 Å². The second kappa shape index (κ2) is 8.63. The molecule has 4 nitrogen and oxygen atoms in total. The first-order chi connectivity index (χ1) is 9.60. The van der Waals surface area contributed by atoms with Crippen molar-refractivity contribution in [2.45, 2.75) is 64.9 Å². The molecule has 0 aromatic heterocycles. The Morgan fingerprint density at radius 1 is 1.25 bits per heavy atom. The summed E-state index contributed by atoms with van der Waals surface area (Å²) in [4.78, 5) is 13.8. The average Bonchev–Trinajstić information content (AvgIpc) is 2.48. The molecule has 0 spiro atoms. The third-order valence-electron chi connectivity index (χ3n) is 4.70. The van der Waals surface area contributed by atoms with Crippen molar-refractivity contribution in [3.8, 4) is 0 Å². The minimum Gasteiger partial charge on any atom is -0.364 e. The summed E-state index contributed by atoms with van der Waals surface area (Å²) in [6, 6.07) is 0. The largest absolute Gasteiger partial charge is 0.364 e. The van der Waals surface area contributed by atoms with E-state index in [4.69, 9.17) is 10.5 Å². The number of carbonyl (C=O) groups excluding carboxylic acids is 1. The van der Waals surface area contributed by atoms with Gasteiger partial charge in [0.2, 0.25) is 5.91 Å². The molecule has 0 bridgehead atoms. The van der Waals surface area contributed by atoms with Crippen molar-refractivity contribution in [2.75, 3.05) is 26.2 Å². The van der Waals surface area contributed by atoms with Crippen LogP contribution in [-0.4, -0.2) is 42.6 Å². The second-order valence-electron chi connectivity index (χ2n) is 5.97. The molecule has 0 aliphatic heterocycles. The Balaban J connectivity index is 2.45. The van der Waals surface area contributed by atoms with Crippen molar-refractivity contribution < 1.29 is 9.53 Å². The number of likely N-dealkylation sites (N-methyl/N-ethyl adjacent to an activating group) is 1. The van der Waals surface area contributed by atoms with Gasteiger partial charge in [0, 0.05) is 19.6 Å². The molecule has 1 aliphatic rings. The molecule has 1 amide bonds. The van der Waals surface area contributed by atoms with Crippen LogP contribution in [0, 0.1) is 5.92 Å². The van der Waals surface area contributed by atoms with E-state index >= 15 is 0 Å². The van der Waals surface area contributed by atoms with Crippen molar-refractivity contribution in [1.29, 1.82) is 0 Å². The van der Waals surface area contributed by atoms with Gasteiger partial charge in [-0.15, -0.1) is 0 Å². The fourth-order valence-electron chi connectivity index (χ4n) is 3.19. The molecule has 0 saturated heterocycles. The Morgan fingerprint density at radius 2 is 1.85 bits per heavy atom. The summed E-state index contributed by atoms with van der Waals surface area (Å²) < 4.78 is 5.98. The maximum atomic E-state index is 12.0. The zero-order valence-corrected chi connectivity index (χ0v) is 13.5. The van der Waals surface area contributed by atoms with E-state index in [1.165, 1.54) is 25.7 Å². The zero-order valence-electron chi connectivity index (χ0n) is 13.5. The molecular formula is C16H32N2O2. The highest BCUT2D eigenvalue weighted by atomic mass is 16.5. The van der Waals surface area contributed by atoms with E-state index in [-0.39, 0.29) is 18.1 Å². The van der Waals surface area contributed by atoms with Crippen LogP contribution >= 0.6 is 0 Å². The number of rotatable bonds is 8. The molecule has 0 heterocycles. The first-order valence-corrected chi connectivity index (χ1v) is 8.22. The fourth-order valence-corrected chi connectivity index (χ4v) is 3.19. The minimum absolute atomic E-state index is 0.0820. The summed E-state index contributed by atoms with van der Waals surface area (Å²) in [6.07, 6.45) is 6.93. The quantitative estimate of drug-likeness (QED) is 0.745. The number of carbonyl (C=O) groups is 1. The Bertz CT molecular complexity index is 282. The molecule has 1 aliphatic carbocycles. The van der Waals surface area contributed by atoms with Crippen molar-refractivity contribution in [1.82, 2.24) is 4.90 Å². The maximum absolute atomic E-state index is 12.0. The molecule has 118 valence electrons. The van der Waals surface area contributed by atoms with E-state index in [1.807, 2.05) is 18.7 Å². The summed E-state index contributed by atoms with van der Waals surface area (Å²) in [5.41, 5.74) is 5.68. The standard InChI is InChI=1S/C16H32N2O2/c1-4-7-14-8-10-16(13-17,11-9-14)20-12-15(19)18(5-2)6-3/h14H,4-13,17H2,1-3H3. The number of hydrogen-bond acceptors (Lipinski definition) is 3. The number of nitrogens with two attached hydrogens (primary N) is 1. The Hall–Kier alpha value is -0.610. The Morgan fingerprint density at radius 3 is 2.30 bits per heavy atom. The average molecular weight is 284 g/mol. The first kappa shape index (κ1) is 17.4. The number of ether oxygens (including phenoxy) is 1. The van der Waals surface area contributed by atoms with Crippen molar-refractivity contribution in [3.05, 3.63) is 0 Å². The molecule has 0 aromatic carbocycles. The second-order valence-corrected chi connectivity index (χ2v) is 5.97. The van der Waals surface area contributed by atoms with Gasteiger partial charge in [0.15, 0.2) is 0 Å². The lowest BCUT2D eigenvalue weighted by Crippen LogP contribution is -2.46. The van der Waals surface area contributed by atoms with Crippen LogP contribution in [-0.2, 0) is 9.53 Å². The highest BCUT2D eigenvalue weighted by molar-refractivity contribution is 5.77. The van der Waals surface area contributed by atoms with Crippen LogP contribution in [0.1, 0.15) is 59.3 Å². The first-order valence-electron chi connectivity index (χ1n) is 8.22. The monoisotopic (exact) mass is 284 g/mol. The molecule has 0 aromatic rings. The summed E-state index contributed by atoms with van der Waals surface area (Å²) in [5.74, 6) is 0.903. The normalized spacial score (nSPS) is 26.5. The van der Waals surface area contributed by atoms with Crippen LogP contribution in [0.4, 0.5) is 0 Å². The van der Waals surface area contributed by atoms with Crippen molar-refractivity contribution in [3.63, 3.8) is 0 Å². The lowest BCUT2D eigenvalue weighted by Gasteiger charge is -2.39. The molecule has 1 rings (SSSR count). The van der Waals surface area contributed by atoms with Gasteiger partial charge in [-0.2, -0.15) is 0 Å². The smallest absolute Gasteiger partial charge is 0.248 e. The lowest BCUT2D eigenvalue weighted by atomic mass is 9.77. The maximum Gasteiger partial charge on any atom is 0.248 e. The topological polar surface area (TPSA) is 55.6 Å². The molecule has 1 saturated carbocycles. The molecule has 20 heavy (non-hydrogen) atoms. The predicted octanol–water partition coefficient (Wildman–Crippen LogP) is 2.56. The minimum atomic E-state index is -0.257. The van der Waals surface area contributed by atoms with Crippen molar-refractivity contribution in [2.24, 2.45) is 11.7 Å². The predicted molar refractivity (Wildman–Crippen MR) is 82.5 cm³/mol. The van der Waals surface area contributed by atoms with E-state index in [1.54, 1.807) is 0 Å². The number of nitrogens with zero attached hydrogens (tertiary/aromatic N) is 1. The van der Waals surface area contributed by atoms with Gasteiger partial charge >= 0.3 is 0 Å². The summed E-state index contributed by atoms with van der Waals surface area (Å²) in [5, 5.41) is 0. The van der Waals surface area contributed by atoms with E-state index in [9.17, 15) is 4.79 Å². The molecular weight excluding hydrogens is 252 g/mol. The van der Waals surface area contributed by atoms with Crippen LogP contribution < -0.4 is 5.73 Å². The van der Waals surface area contributed by atoms with Gasteiger partial charge in [0.25, 0.3) is 0 Å². The summed E-state index contributed by atoms with van der Waals surface area (Å²) in [6.45, 7) is 8.42. The van der Waals surface area contributed by atoms with Crippen LogP contribution in [0.25, 0.3) is 0 Å². The van der Waals surface area contributed by atoms with Crippen LogP contribution in [0.3, 0.4) is 0 Å². The molecule has 2 N–H and O–H groups in total. The molecule has 0 atom stereocenters. The van der Waals surface area contributed by atoms with Gasteiger partial charge in [-0.1, -0.05) is 19.8 Å². The lowest BCUT2D eigenvalue weighted by molar-refractivity contribution is -0.145. The van der Waals surface area contributed by atoms with Gasteiger partial charge in [-0.05, 0) is 45.4 Å². The van der Waals surface area contributed by atoms with Crippen molar-refractivity contribution >= 4 is 5.91 Å². The van der Waals surface area contributed by atoms with Gasteiger partial charge in [-0.3, -0.25) is 4.79 Å². The molecule has 4 heteroatoms.